The monoisotopic (exact) mass is 212 g/mol. The molecule has 1 aliphatic rings. The minimum Gasteiger partial charge on any atom is -0.428 e. The number of hydrogen-bond acceptors (Lipinski definition) is 2. The fourth-order valence-corrected chi connectivity index (χ4v) is 1.63. The molecule has 1 aromatic rings. The Labute approximate surface area is 85.9 Å². The Hall–Kier alpha value is -1.45. The molecule has 0 saturated carbocycles. The molecule has 4 heteroatoms. The molecule has 0 aromatic heterocycles. The molecule has 0 spiro atoms. The van der Waals surface area contributed by atoms with Gasteiger partial charge in [0.1, 0.15) is 5.82 Å². The lowest BCUT2D eigenvalue weighted by atomic mass is 10.0. The fraction of sp³-hybridized carbons (Fsp3) is 0.364. The van der Waals surface area contributed by atoms with Crippen molar-refractivity contribution in [1.82, 2.24) is 0 Å². The Morgan fingerprint density at radius 1 is 1.33 bits per heavy atom. The first-order valence-electron chi connectivity index (χ1n) is 4.73. The van der Waals surface area contributed by atoms with Gasteiger partial charge in [0.05, 0.1) is 6.42 Å². The van der Waals surface area contributed by atoms with Crippen molar-refractivity contribution in [2.45, 2.75) is 25.1 Å². The third-order valence-electron chi connectivity index (χ3n) is 2.38. The lowest BCUT2D eigenvalue weighted by molar-refractivity contribution is -0.164. The number of rotatable bonds is 2. The van der Waals surface area contributed by atoms with E-state index in [-0.39, 0.29) is 25.1 Å². The zero-order valence-electron chi connectivity index (χ0n) is 8.00. The van der Waals surface area contributed by atoms with Crippen LogP contribution < -0.4 is 0 Å². The molecule has 1 unspecified atom stereocenters. The average molecular weight is 212 g/mol. The summed E-state index contributed by atoms with van der Waals surface area (Å²) in [5.74, 6) is -2.79. The van der Waals surface area contributed by atoms with Gasteiger partial charge >= 0.3 is 5.97 Å². The van der Waals surface area contributed by atoms with Crippen LogP contribution in [-0.2, 0) is 16.0 Å². The van der Waals surface area contributed by atoms with Crippen molar-refractivity contribution >= 4 is 5.97 Å². The summed E-state index contributed by atoms with van der Waals surface area (Å²) < 4.78 is 31.0. The van der Waals surface area contributed by atoms with Gasteiger partial charge in [0.2, 0.25) is 0 Å². The Kier molecular flexibility index (Phi) is 2.42. The summed E-state index contributed by atoms with van der Waals surface area (Å²) in [5.41, 5.74) is 0.619. The van der Waals surface area contributed by atoms with E-state index in [0.29, 0.717) is 5.56 Å². The summed E-state index contributed by atoms with van der Waals surface area (Å²) in [6, 6.07) is 5.50. The number of benzene rings is 1. The quantitative estimate of drug-likeness (QED) is 0.703. The normalized spacial score (nSPS) is 25.3. The molecule has 1 aromatic carbocycles. The Morgan fingerprint density at radius 2 is 2.00 bits per heavy atom. The molecular formula is C11H10F2O2. The maximum atomic E-state index is 13.8. The van der Waals surface area contributed by atoms with Crippen LogP contribution in [0.2, 0.25) is 0 Å². The molecule has 0 bridgehead atoms. The van der Waals surface area contributed by atoms with E-state index in [1.807, 2.05) is 0 Å². The van der Waals surface area contributed by atoms with E-state index >= 15 is 0 Å². The second-order valence-electron chi connectivity index (χ2n) is 3.66. The molecule has 15 heavy (non-hydrogen) atoms. The van der Waals surface area contributed by atoms with Gasteiger partial charge in [0.25, 0.3) is 5.85 Å². The second-order valence-corrected chi connectivity index (χ2v) is 3.66. The van der Waals surface area contributed by atoms with Crippen LogP contribution in [0, 0.1) is 5.82 Å². The zero-order valence-corrected chi connectivity index (χ0v) is 8.00. The molecular weight excluding hydrogens is 202 g/mol. The Bertz CT molecular complexity index is 375. The van der Waals surface area contributed by atoms with Crippen molar-refractivity contribution < 1.29 is 18.3 Å². The fourth-order valence-electron chi connectivity index (χ4n) is 1.63. The third-order valence-corrected chi connectivity index (χ3v) is 2.38. The van der Waals surface area contributed by atoms with Crippen LogP contribution in [0.1, 0.15) is 18.4 Å². The number of ether oxygens (including phenoxy) is 1. The minimum absolute atomic E-state index is 0.0149. The van der Waals surface area contributed by atoms with E-state index in [0.717, 1.165) is 0 Å². The SMILES string of the molecule is O=C1CCC(F)(Cc2ccc(F)cc2)O1. The second kappa shape index (κ2) is 3.61. The van der Waals surface area contributed by atoms with Gasteiger partial charge in [-0.25, -0.2) is 4.39 Å². The van der Waals surface area contributed by atoms with Crippen molar-refractivity contribution in [2.24, 2.45) is 0 Å². The molecule has 2 nitrogen and oxygen atoms in total. The first-order chi connectivity index (χ1) is 7.07. The van der Waals surface area contributed by atoms with Gasteiger partial charge in [-0.2, -0.15) is 4.39 Å². The number of halogens is 2. The molecule has 0 aliphatic carbocycles. The van der Waals surface area contributed by atoms with Gasteiger partial charge in [-0.3, -0.25) is 4.79 Å². The molecule has 1 heterocycles. The Morgan fingerprint density at radius 3 is 2.53 bits per heavy atom. The summed E-state index contributed by atoms with van der Waals surface area (Å²) in [6.45, 7) is 0. The van der Waals surface area contributed by atoms with Crippen LogP contribution in [0.5, 0.6) is 0 Å². The largest absolute Gasteiger partial charge is 0.428 e. The number of cyclic esters (lactones) is 1. The average Bonchev–Trinajstić information content (AvgIpc) is 2.50. The third kappa shape index (κ3) is 2.32. The van der Waals surface area contributed by atoms with Crippen molar-refractivity contribution in [3.63, 3.8) is 0 Å². The van der Waals surface area contributed by atoms with Gasteiger partial charge in [-0.05, 0) is 17.7 Å². The van der Waals surface area contributed by atoms with E-state index < -0.39 is 11.8 Å². The highest BCUT2D eigenvalue weighted by Gasteiger charge is 2.40. The smallest absolute Gasteiger partial charge is 0.308 e. The van der Waals surface area contributed by atoms with E-state index in [1.54, 1.807) is 0 Å². The van der Waals surface area contributed by atoms with Gasteiger partial charge < -0.3 is 4.74 Å². The van der Waals surface area contributed by atoms with E-state index in [4.69, 9.17) is 0 Å². The van der Waals surface area contributed by atoms with Crippen LogP contribution in [0.25, 0.3) is 0 Å². The number of alkyl halides is 1. The molecule has 1 saturated heterocycles. The predicted molar refractivity (Wildman–Crippen MR) is 49.3 cm³/mol. The van der Waals surface area contributed by atoms with Crippen LogP contribution >= 0.6 is 0 Å². The topological polar surface area (TPSA) is 26.3 Å². The Balaban J connectivity index is 2.08. The summed E-state index contributed by atoms with van der Waals surface area (Å²) in [6.07, 6.45) is 0.167. The highest BCUT2D eigenvalue weighted by atomic mass is 19.2. The zero-order chi connectivity index (χ0) is 10.9. The van der Waals surface area contributed by atoms with Crippen molar-refractivity contribution in [2.75, 3.05) is 0 Å². The summed E-state index contributed by atoms with van der Waals surface area (Å²) in [4.78, 5) is 10.8. The van der Waals surface area contributed by atoms with Crippen molar-refractivity contribution in [3.05, 3.63) is 35.6 Å². The molecule has 1 atom stereocenters. The molecule has 1 fully saturated rings. The standard InChI is InChI=1S/C11H10F2O2/c12-9-3-1-8(2-4-9)7-11(13)6-5-10(14)15-11/h1-4H,5-7H2. The van der Waals surface area contributed by atoms with Crippen molar-refractivity contribution in [3.8, 4) is 0 Å². The highest BCUT2D eigenvalue weighted by molar-refractivity contribution is 5.72. The van der Waals surface area contributed by atoms with Gasteiger partial charge in [0.15, 0.2) is 0 Å². The molecule has 80 valence electrons. The summed E-state index contributed by atoms with van der Waals surface area (Å²) in [7, 11) is 0. The van der Waals surface area contributed by atoms with E-state index in [1.165, 1.54) is 24.3 Å². The highest BCUT2D eigenvalue weighted by Crippen LogP contribution is 2.31. The summed E-state index contributed by atoms with van der Waals surface area (Å²) in [5, 5.41) is 0. The lowest BCUT2D eigenvalue weighted by Crippen LogP contribution is -2.24. The number of carbonyl (C=O) groups excluding carboxylic acids is 1. The van der Waals surface area contributed by atoms with Gasteiger partial charge in [-0.1, -0.05) is 12.1 Å². The maximum Gasteiger partial charge on any atom is 0.308 e. The number of carbonyl (C=O) groups is 1. The molecule has 1 aliphatic heterocycles. The van der Waals surface area contributed by atoms with Crippen molar-refractivity contribution in [1.29, 1.82) is 0 Å². The van der Waals surface area contributed by atoms with Crippen LogP contribution in [0.4, 0.5) is 8.78 Å². The van der Waals surface area contributed by atoms with Gasteiger partial charge in [-0.15, -0.1) is 0 Å². The first kappa shape index (κ1) is 10.1. The predicted octanol–water partition coefficient (Wildman–Crippen LogP) is 2.37. The van der Waals surface area contributed by atoms with Crippen LogP contribution in [-0.4, -0.2) is 11.8 Å². The van der Waals surface area contributed by atoms with Crippen LogP contribution in [0.3, 0.4) is 0 Å². The van der Waals surface area contributed by atoms with E-state index in [9.17, 15) is 13.6 Å². The molecule has 0 N–H and O–H groups in total. The first-order valence-corrected chi connectivity index (χ1v) is 4.73. The van der Waals surface area contributed by atoms with Gasteiger partial charge in [0, 0.05) is 12.8 Å². The minimum atomic E-state index is -1.91. The van der Waals surface area contributed by atoms with Crippen LogP contribution in [0.15, 0.2) is 24.3 Å². The maximum absolute atomic E-state index is 13.8. The molecule has 0 radical (unpaired) electrons. The van der Waals surface area contributed by atoms with E-state index in [2.05, 4.69) is 4.74 Å². The molecule has 2 rings (SSSR count). The lowest BCUT2D eigenvalue weighted by Gasteiger charge is -2.17. The number of esters is 1. The number of hydrogen-bond donors (Lipinski definition) is 0. The summed E-state index contributed by atoms with van der Waals surface area (Å²) >= 11 is 0. The molecule has 0 amide bonds.